The third-order valence-electron chi connectivity index (χ3n) is 3.29. The molecule has 1 aromatic rings. The number of rotatable bonds is 3. The van der Waals surface area contributed by atoms with Gasteiger partial charge < -0.3 is 9.84 Å². The van der Waals surface area contributed by atoms with Crippen molar-refractivity contribution in [2.75, 3.05) is 11.5 Å². The average molecular weight is 236 g/mol. The molecule has 0 amide bonds. The molecule has 3 heteroatoms. The summed E-state index contributed by atoms with van der Waals surface area (Å²) in [4.78, 5) is 0. The Balaban J connectivity index is 1.74. The van der Waals surface area contributed by atoms with E-state index < -0.39 is 5.60 Å². The molecule has 1 aliphatic carbocycles. The summed E-state index contributed by atoms with van der Waals surface area (Å²) >= 11 is 1.95. The zero-order valence-corrected chi connectivity index (χ0v) is 10.0. The minimum absolute atomic E-state index is 0.356. The number of hydrogen-bond donors (Lipinski definition) is 1. The predicted octanol–water partition coefficient (Wildman–Crippen LogP) is 2.55. The summed E-state index contributed by atoms with van der Waals surface area (Å²) in [6, 6.07) is 7.94. The number of hydrogen-bond acceptors (Lipinski definition) is 3. The van der Waals surface area contributed by atoms with Crippen molar-refractivity contribution in [3.63, 3.8) is 0 Å². The molecule has 1 saturated carbocycles. The van der Waals surface area contributed by atoms with Crippen LogP contribution in [0.2, 0.25) is 0 Å². The van der Waals surface area contributed by atoms with Gasteiger partial charge in [0, 0.05) is 5.75 Å². The maximum Gasteiger partial charge on any atom is 0.120 e. The predicted molar refractivity (Wildman–Crippen MR) is 65.9 cm³/mol. The molecule has 1 unspecified atom stereocenters. The van der Waals surface area contributed by atoms with Gasteiger partial charge in [0.05, 0.1) is 5.60 Å². The summed E-state index contributed by atoms with van der Waals surface area (Å²) in [5.41, 5.74) is 0.458. The van der Waals surface area contributed by atoms with Crippen LogP contribution >= 0.6 is 11.8 Å². The van der Waals surface area contributed by atoms with Gasteiger partial charge in [-0.3, -0.25) is 0 Å². The number of aliphatic hydroxyl groups is 1. The molecule has 1 aromatic carbocycles. The fourth-order valence-electron chi connectivity index (χ4n) is 2.06. The molecule has 1 heterocycles. The number of ether oxygens (including phenoxy) is 1. The zero-order chi connectivity index (χ0) is 11.0. The van der Waals surface area contributed by atoms with Crippen LogP contribution in [0.3, 0.4) is 0 Å². The van der Waals surface area contributed by atoms with Crippen LogP contribution in [0.25, 0.3) is 0 Å². The molecule has 2 nitrogen and oxygen atoms in total. The molecular formula is C13H16O2S. The van der Waals surface area contributed by atoms with E-state index in [1.54, 1.807) is 0 Å². The van der Waals surface area contributed by atoms with E-state index in [-0.39, 0.29) is 0 Å². The lowest BCUT2D eigenvalue weighted by molar-refractivity contribution is 0.150. The Kier molecular flexibility index (Phi) is 2.60. The molecular weight excluding hydrogens is 220 g/mol. The minimum Gasteiger partial charge on any atom is -0.490 e. The van der Waals surface area contributed by atoms with Gasteiger partial charge in [-0.2, -0.15) is 11.8 Å². The SMILES string of the molecule is OC1(c2cccc(OC3CCSC3)c2)CC1. The molecule has 0 radical (unpaired) electrons. The molecule has 0 aromatic heterocycles. The van der Waals surface area contributed by atoms with Crippen molar-refractivity contribution in [3.05, 3.63) is 29.8 Å². The summed E-state index contributed by atoms with van der Waals surface area (Å²) in [6.07, 6.45) is 3.26. The van der Waals surface area contributed by atoms with E-state index >= 15 is 0 Å². The highest BCUT2D eigenvalue weighted by atomic mass is 32.2. The van der Waals surface area contributed by atoms with E-state index in [0.717, 1.165) is 36.3 Å². The molecule has 1 atom stereocenters. The highest BCUT2D eigenvalue weighted by Gasteiger charge is 2.42. The number of thioether (sulfide) groups is 1. The standard InChI is InChI=1S/C13H16O2S/c14-13(5-6-13)10-2-1-3-11(8-10)15-12-4-7-16-9-12/h1-3,8,12,14H,4-7,9H2. The van der Waals surface area contributed by atoms with E-state index in [4.69, 9.17) is 4.74 Å². The molecule has 2 aliphatic rings. The second-order valence-corrected chi connectivity index (χ2v) is 5.81. The fraction of sp³-hybridized carbons (Fsp3) is 0.538. The van der Waals surface area contributed by atoms with Crippen molar-refractivity contribution in [2.45, 2.75) is 31.0 Å². The monoisotopic (exact) mass is 236 g/mol. The van der Waals surface area contributed by atoms with Crippen molar-refractivity contribution in [2.24, 2.45) is 0 Å². The van der Waals surface area contributed by atoms with Crippen molar-refractivity contribution < 1.29 is 9.84 Å². The van der Waals surface area contributed by atoms with E-state index in [1.165, 1.54) is 5.75 Å². The van der Waals surface area contributed by atoms with Crippen LogP contribution in [0.15, 0.2) is 24.3 Å². The van der Waals surface area contributed by atoms with Crippen LogP contribution in [-0.4, -0.2) is 22.7 Å². The van der Waals surface area contributed by atoms with Crippen LogP contribution in [0.5, 0.6) is 5.75 Å². The quantitative estimate of drug-likeness (QED) is 0.874. The van der Waals surface area contributed by atoms with Crippen LogP contribution in [-0.2, 0) is 5.60 Å². The van der Waals surface area contributed by atoms with Crippen molar-refractivity contribution >= 4 is 11.8 Å². The van der Waals surface area contributed by atoms with Gasteiger partial charge in [-0.05, 0) is 42.7 Å². The number of benzene rings is 1. The summed E-state index contributed by atoms with van der Waals surface area (Å²) in [6.45, 7) is 0. The lowest BCUT2D eigenvalue weighted by Gasteiger charge is -2.14. The second-order valence-electron chi connectivity index (χ2n) is 4.66. The maximum atomic E-state index is 10.0. The third-order valence-corrected chi connectivity index (χ3v) is 4.42. The molecule has 1 aliphatic heterocycles. The second kappa shape index (κ2) is 3.97. The Bertz CT molecular complexity index is 381. The van der Waals surface area contributed by atoms with E-state index in [2.05, 4.69) is 0 Å². The first-order valence-electron chi connectivity index (χ1n) is 5.84. The van der Waals surface area contributed by atoms with Gasteiger partial charge in [0.15, 0.2) is 0 Å². The first kappa shape index (κ1) is 10.5. The van der Waals surface area contributed by atoms with Crippen molar-refractivity contribution in [1.82, 2.24) is 0 Å². The molecule has 0 bridgehead atoms. The van der Waals surface area contributed by atoms with Crippen LogP contribution in [0.1, 0.15) is 24.8 Å². The van der Waals surface area contributed by atoms with Gasteiger partial charge in [0.25, 0.3) is 0 Å². The average Bonchev–Trinajstić information content (AvgIpc) is 2.85. The van der Waals surface area contributed by atoms with Crippen LogP contribution in [0, 0.1) is 0 Å². The van der Waals surface area contributed by atoms with Gasteiger partial charge in [-0.15, -0.1) is 0 Å². The highest BCUT2D eigenvalue weighted by molar-refractivity contribution is 7.99. The Labute approximate surface area is 100 Å². The summed E-state index contributed by atoms with van der Waals surface area (Å²) in [5.74, 6) is 3.20. The Hall–Kier alpha value is -0.670. The first-order valence-corrected chi connectivity index (χ1v) is 6.99. The molecule has 3 rings (SSSR count). The molecule has 1 saturated heterocycles. The van der Waals surface area contributed by atoms with Gasteiger partial charge >= 0.3 is 0 Å². The Morgan fingerprint density at radius 3 is 2.94 bits per heavy atom. The molecule has 16 heavy (non-hydrogen) atoms. The summed E-state index contributed by atoms with van der Waals surface area (Å²) < 4.78 is 5.91. The molecule has 86 valence electrons. The Morgan fingerprint density at radius 2 is 2.25 bits per heavy atom. The molecule has 0 spiro atoms. The highest BCUT2D eigenvalue weighted by Crippen LogP contribution is 2.46. The van der Waals surface area contributed by atoms with Crippen molar-refractivity contribution in [3.8, 4) is 5.75 Å². The topological polar surface area (TPSA) is 29.5 Å². The first-order chi connectivity index (χ1) is 7.76. The lowest BCUT2D eigenvalue weighted by atomic mass is 10.1. The Morgan fingerprint density at radius 1 is 1.38 bits per heavy atom. The van der Waals surface area contributed by atoms with Gasteiger partial charge in [0.2, 0.25) is 0 Å². The van der Waals surface area contributed by atoms with Gasteiger partial charge in [-0.1, -0.05) is 12.1 Å². The van der Waals surface area contributed by atoms with E-state index in [0.29, 0.717) is 6.10 Å². The smallest absolute Gasteiger partial charge is 0.120 e. The van der Waals surface area contributed by atoms with E-state index in [9.17, 15) is 5.11 Å². The normalized spacial score (nSPS) is 26.7. The van der Waals surface area contributed by atoms with Gasteiger partial charge in [0.1, 0.15) is 11.9 Å². The van der Waals surface area contributed by atoms with Crippen molar-refractivity contribution in [1.29, 1.82) is 0 Å². The minimum atomic E-state index is -0.552. The zero-order valence-electron chi connectivity index (χ0n) is 9.19. The van der Waals surface area contributed by atoms with Crippen LogP contribution in [0.4, 0.5) is 0 Å². The van der Waals surface area contributed by atoms with Gasteiger partial charge in [-0.25, -0.2) is 0 Å². The summed E-state index contributed by atoms with van der Waals surface area (Å²) in [5, 5.41) is 10.0. The largest absolute Gasteiger partial charge is 0.490 e. The van der Waals surface area contributed by atoms with E-state index in [1.807, 2.05) is 36.0 Å². The fourth-order valence-corrected chi connectivity index (χ4v) is 3.16. The maximum absolute atomic E-state index is 10.0. The van der Waals surface area contributed by atoms with Crippen LogP contribution < -0.4 is 4.74 Å². The molecule has 1 N–H and O–H groups in total. The summed E-state index contributed by atoms with van der Waals surface area (Å²) in [7, 11) is 0. The molecule has 2 fully saturated rings. The third kappa shape index (κ3) is 2.06. The lowest BCUT2D eigenvalue weighted by Crippen LogP contribution is -2.15.